The summed E-state index contributed by atoms with van der Waals surface area (Å²) in [4.78, 5) is 30.3. The van der Waals surface area contributed by atoms with Crippen LogP contribution in [0.5, 0.6) is 0 Å². The lowest BCUT2D eigenvalue weighted by Gasteiger charge is -2.22. The third-order valence-corrected chi connectivity index (χ3v) is 7.56. The second-order valence-corrected chi connectivity index (χ2v) is 10.00. The number of rotatable bonds is 9. The Morgan fingerprint density at radius 2 is 1.89 bits per heavy atom. The van der Waals surface area contributed by atoms with E-state index >= 15 is 0 Å². The van der Waals surface area contributed by atoms with Crippen molar-refractivity contribution >= 4 is 5.97 Å². The third-order valence-electron chi connectivity index (χ3n) is 7.56. The van der Waals surface area contributed by atoms with Gasteiger partial charge in [-0.05, 0) is 53.7 Å². The van der Waals surface area contributed by atoms with Crippen LogP contribution in [0, 0.1) is 5.92 Å². The van der Waals surface area contributed by atoms with Gasteiger partial charge in [0.05, 0.1) is 18.5 Å². The van der Waals surface area contributed by atoms with Crippen molar-refractivity contribution in [3.8, 4) is 22.5 Å². The maximum atomic E-state index is 13.9. The Labute approximate surface area is 220 Å². The van der Waals surface area contributed by atoms with Crippen molar-refractivity contribution in [3.05, 3.63) is 70.7 Å². The molecule has 0 amide bonds. The number of H-pyrrole nitrogens is 1. The normalized spacial score (nSPS) is 17.8. The van der Waals surface area contributed by atoms with Crippen LogP contribution >= 0.6 is 0 Å². The monoisotopic (exact) mass is 515 g/mol. The number of aromatic amines is 1. The van der Waals surface area contributed by atoms with E-state index in [1.54, 1.807) is 10.8 Å². The molecule has 0 bridgehead atoms. The highest BCUT2D eigenvalue weighted by Crippen LogP contribution is 2.33. The number of aryl methyl sites for hydroxylation is 1. The van der Waals surface area contributed by atoms with Gasteiger partial charge < -0.3 is 5.11 Å². The summed E-state index contributed by atoms with van der Waals surface area (Å²) in [5.41, 5.74) is 4.55. The van der Waals surface area contributed by atoms with Crippen LogP contribution in [0.15, 0.2) is 53.7 Å². The number of aromatic nitrogens is 7. The molecule has 0 aliphatic heterocycles. The number of hydrogen-bond acceptors (Lipinski definition) is 6. The summed E-state index contributed by atoms with van der Waals surface area (Å²) in [6.07, 6.45) is 12.3. The van der Waals surface area contributed by atoms with Crippen LogP contribution in [-0.4, -0.2) is 45.8 Å². The largest absolute Gasteiger partial charge is 0.481 e. The molecule has 2 unspecified atom stereocenters. The number of aliphatic carboxylic acids is 1. The summed E-state index contributed by atoms with van der Waals surface area (Å²) in [5.74, 6) is -0.833. The fraction of sp³-hybridized carbons (Fsp3) is 0.429. The number of pyridine rings is 1. The molecule has 2 atom stereocenters. The van der Waals surface area contributed by atoms with E-state index in [1.807, 2.05) is 47.3 Å². The second kappa shape index (κ2) is 11.5. The van der Waals surface area contributed by atoms with E-state index in [1.165, 1.54) is 0 Å². The molecule has 10 nitrogen and oxygen atoms in total. The number of carboxylic acids is 1. The maximum Gasteiger partial charge on any atom is 0.328 e. The number of carboxylic acid groups (broad SMARTS) is 1. The summed E-state index contributed by atoms with van der Waals surface area (Å²) in [6, 6.07) is 9.52. The molecule has 1 aromatic carbocycles. The summed E-state index contributed by atoms with van der Waals surface area (Å²) in [7, 11) is 0. The van der Waals surface area contributed by atoms with Crippen molar-refractivity contribution < 1.29 is 9.90 Å². The number of carbonyl (C=O) groups is 1. The fourth-order valence-electron chi connectivity index (χ4n) is 5.51. The minimum absolute atomic E-state index is 0.142. The standard InChI is InChI=1S/C28H33N7O3/c1-2-3-7-22-18-35(25-9-6-4-5-8-24(25)27(36)37)28(38)34(22)17-21-16-29-15-14-23(21)19-10-12-20(13-11-19)26-30-32-33-31-26/h10-16,18,24-25H,2-9,17H2,1H3,(H,36,37)(H,30,31,32,33). The molecule has 1 fully saturated rings. The molecule has 3 aromatic heterocycles. The molecule has 1 aliphatic rings. The van der Waals surface area contributed by atoms with E-state index in [0.29, 0.717) is 25.2 Å². The number of nitrogens with zero attached hydrogens (tertiary/aromatic N) is 6. The fourth-order valence-corrected chi connectivity index (χ4v) is 5.51. The SMILES string of the molecule is CCCCc1cn(C2CCCCCC2C(=O)O)c(=O)n1Cc1cnccc1-c1ccc(-c2nn[nH]n2)cc1. The molecule has 0 saturated heterocycles. The first-order valence-corrected chi connectivity index (χ1v) is 13.4. The van der Waals surface area contributed by atoms with Gasteiger partial charge in [0.25, 0.3) is 0 Å². The average molecular weight is 516 g/mol. The number of tetrazole rings is 1. The molecule has 1 aliphatic carbocycles. The minimum Gasteiger partial charge on any atom is -0.481 e. The van der Waals surface area contributed by atoms with E-state index in [0.717, 1.165) is 66.5 Å². The predicted octanol–water partition coefficient (Wildman–Crippen LogP) is 4.49. The zero-order valence-corrected chi connectivity index (χ0v) is 21.6. The van der Waals surface area contributed by atoms with Crippen LogP contribution in [0.3, 0.4) is 0 Å². The number of imidazole rings is 1. The lowest BCUT2D eigenvalue weighted by molar-refractivity contribution is -0.143. The van der Waals surface area contributed by atoms with Gasteiger partial charge in [-0.3, -0.25) is 18.9 Å². The summed E-state index contributed by atoms with van der Waals surface area (Å²) in [5, 5.41) is 24.1. The molecule has 198 valence electrons. The highest BCUT2D eigenvalue weighted by molar-refractivity contribution is 5.71. The number of benzene rings is 1. The van der Waals surface area contributed by atoms with Gasteiger partial charge in [0.2, 0.25) is 5.82 Å². The minimum atomic E-state index is -0.814. The van der Waals surface area contributed by atoms with Crippen molar-refractivity contribution in [2.24, 2.45) is 5.92 Å². The molecular formula is C28H33N7O3. The molecule has 38 heavy (non-hydrogen) atoms. The Morgan fingerprint density at radius 3 is 2.63 bits per heavy atom. The van der Waals surface area contributed by atoms with Crippen LogP contribution in [0.1, 0.15) is 69.2 Å². The first-order valence-electron chi connectivity index (χ1n) is 13.4. The van der Waals surface area contributed by atoms with Crippen LogP contribution in [0.2, 0.25) is 0 Å². The maximum absolute atomic E-state index is 13.9. The highest BCUT2D eigenvalue weighted by atomic mass is 16.4. The van der Waals surface area contributed by atoms with Crippen LogP contribution < -0.4 is 5.69 Å². The summed E-state index contributed by atoms with van der Waals surface area (Å²) in [6.45, 7) is 2.49. The zero-order valence-electron chi connectivity index (χ0n) is 21.6. The van der Waals surface area contributed by atoms with E-state index in [2.05, 4.69) is 32.5 Å². The summed E-state index contributed by atoms with van der Waals surface area (Å²) >= 11 is 0. The average Bonchev–Trinajstić information content (AvgIpc) is 3.49. The van der Waals surface area contributed by atoms with E-state index < -0.39 is 11.9 Å². The Bertz CT molecular complexity index is 1420. The van der Waals surface area contributed by atoms with E-state index in [-0.39, 0.29) is 11.7 Å². The first-order chi connectivity index (χ1) is 18.6. The predicted molar refractivity (Wildman–Crippen MR) is 142 cm³/mol. The third kappa shape index (κ3) is 5.29. The molecule has 1 saturated carbocycles. The Hall–Kier alpha value is -4.08. The van der Waals surface area contributed by atoms with E-state index in [9.17, 15) is 14.7 Å². The Morgan fingerprint density at radius 1 is 1.11 bits per heavy atom. The van der Waals surface area contributed by atoms with Gasteiger partial charge in [-0.1, -0.05) is 56.9 Å². The molecule has 3 heterocycles. The Kier molecular flexibility index (Phi) is 7.76. The van der Waals surface area contributed by atoms with E-state index in [4.69, 9.17) is 0 Å². The first kappa shape index (κ1) is 25.6. The number of nitrogens with one attached hydrogen (secondary N) is 1. The van der Waals surface area contributed by atoms with Crippen molar-refractivity contribution in [1.29, 1.82) is 0 Å². The van der Waals surface area contributed by atoms with Crippen LogP contribution in [-0.2, 0) is 17.8 Å². The second-order valence-electron chi connectivity index (χ2n) is 10.00. The van der Waals surface area contributed by atoms with Crippen LogP contribution in [0.25, 0.3) is 22.5 Å². The summed E-state index contributed by atoms with van der Waals surface area (Å²) < 4.78 is 3.53. The van der Waals surface area contributed by atoms with Gasteiger partial charge in [0, 0.05) is 29.8 Å². The van der Waals surface area contributed by atoms with Gasteiger partial charge in [-0.15, -0.1) is 10.2 Å². The molecule has 2 N–H and O–H groups in total. The molecule has 5 rings (SSSR count). The van der Waals surface area contributed by atoms with Gasteiger partial charge in [0.1, 0.15) is 0 Å². The Balaban J connectivity index is 1.51. The molecular weight excluding hydrogens is 482 g/mol. The molecule has 0 spiro atoms. The topological polar surface area (TPSA) is 132 Å². The number of hydrogen-bond donors (Lipinski definition) is 2. The van der Waals surface area contributed by atoms with Gasteiger partial charge in [0.15, 0.2) is 0 Å². The van der Waals surface area contributed by atoms with Crippen molar-refractivity contribution in [2.45, 2.75) is 70.9 Å². The molecule has 4 aromatic rings. The van der Waals surface area contributed by atoms with Crippen molar-refractivity contribution in [2.75, 3.05) is 0 Å². The van der Waals surface area contributed by atoms with Crippen molar-refractivity contribution in [3.63, 3.8) is 0 Å². The van der Waals surface area contributed by atoms with Gasteiger partial charge in [-0.2, -0.15) is 5.21 Å². The smallest absolute Gasteiger partial charge is 0.328 e. The quantitative estimate of drug-likeness (QED) is 0.314. The highest BCUT2D eigenvalue weighted by Gasteiger charge is 2.32. The zero-order chi connectivity index (χ0) is 26.5. The van der Waals surface area contributed by atoms with Crippen molar-refractivity contribution in [1.82, 2.24) is 34.7 Å². The lowest BCUT2D eigenvalue weighted by Crippen LogP contribution is -2.34. The molecule has 0 radical (unpaired) electrons. The van der Waals surface area contributed by atoms with Gasteiger partial charge in [-0.25, -0.2) is 4.79 Å². The number of unbranched alkanes of at least 4 members (excludes halogenated alkanes) is 1. The molecule has 10 heteroatoms. The van der Waals surface area contributed by atoms with Crippen LogP contribution in [0.4, 0.5) is 0 Å². The lowest BCUT2D eigenvalue weighted by atomic mass is 9.95. The van der Waals surface area contributed by atoms with Gasteiger partial charge >= 0.3 is 11.7 Å².